The van der Waals surface area contributed by atoms with Crippen LogP contribution in [0, 0.1) is 0 Å². The van der Waals surface area contributed by atoms with Gasteiger partial charge in [-0.25, -0.2) is 4.98 Å². The Hall–Kier alpha value is -2.17. The first-order chi connectivity index (χ1) is 11.4. The van der Waals surface area contributed by atoms with Crippen molar-refractivity contribution < 1.29 is 0 Å². The van der Waals surface area contributed by atoms with Gasteiger partial charge in [-0.05, 0) is 42.7 Å². The molecule has 3 rings (SSSR count). The molecule has 0 saturated heterocycles. The quantitative estimate of drug-likeness (QED) is 0.777. The first-order valence-electron chi connectivity index (χ1n) is 7.97. The summed E-state index contributed by atoms with van der Waals surface area (Å²) in [5.74, 6) is 0.882. The lowest BCUT2D eigenvalue weighted by atomic mass is 10.0. The van der Waals surface area contributed by atoms with Crippen LogP contribution in [0.5, 0.6) is 0 Å². The summed E-state index contributed by atoms with van der Waals surface area (Å²) in [6, 6.07) is 12.8. The molecule has 5 heteroatoms. The summed E-state index contributed by atoms with van der Waals surface area (Å²) < 4.78 is 1.57. The molecule has 3 aromatic rings. The third-order valence-corrected chi connectivity index (χ3v) is 4.39. The van der Waals surface area contributed by atoms with Crippen LogP contribution >= 0.6 is 11.6 Å². The standard InChI is InChI=1S/C19H20ClN3O/c1-11(2)13-6-4-7-14(10-13)23-18(12(3)21)22-16-9-5-8-15(20)17(16)19(23)24/h4-12H,21H2,1-3H3. The van der Waals surface area contributed by atoms with Gasteiger partial charge in [0.05, 0.1) is 27.7 Å². The predicted molar refractivity (Wildman–Crippen MR) is 99.0 cm³/mol. The zero-order valence-electron chi connectivity index (χ0n) is 14.0. The molecule has 0 radical (unpaired) electrons. The van der Waals surface area contributed by atoms with Crippen molar-refractivity contribution in [2.45, 2.75) is 32.7 Å². The number of benzene rings is 2. The molecule has 0 amide bonds. The number of aromatic nitrogens is 2. The summed E-state index contributed by atoms with van der Waals surface area (Å²) >= 11 is 6.25. The van der Waals surface area contributed by atoms with Crippen LogP contribution in [-0.2, 0) is 0 Å². The van der Waals surface area contributed by atoms with Gasteiger partial charge in [0.1, 0.15) is 5.82 Å². The fourth-order valence-corrected chi connectivity index (χ4v) is 3.04. The van der Waals surface area contributed by atoms with Crippen molar-refractivity contribution in [1.82, 2.24) is 9.55 Å². The normalized spacial score (nSPS) is 12.8. The topological polar surface area (TPSA) is 60.9 Å². The van der Waals surface area contributed by atoms with E-state index in [4.69, 9.17) is 17.3 Å². The average molecular weight is 342 g/mol. The van der Waals surface area contributed by atoms with Gasteiger partial charge < -0.3 is 5.73 Å². The summed E-state index contributed by atoms with van der Waals surface area (Å²) in [5, 5.41) is 0.813. The molecule has 0 bridgehead atoms. The van der Waals surface area contributed by atoms with Gasteiger partial charge in [-0.2, -0.15) is 0 Å². The lowest BCUT2D eigenvalue weighted by molar-refractivity contribution is 0.695. The van der Waals surface area contributed by atoms with E-state index in [0.29, 0.717) is 27.7 Å². The third kappa shape index (κ3) is 2.83. The van der Waals surface area contributed by atoms with Crippen molar-refractivity contribution in [3.63, 3.8) is 0 Å². The fourth-order valence-electron chi connectivity index (χ4n) is 2.78. The molecule has 0 saturated carbocycles. The van der Waals surface area contributed by atoms with Crippen molar-refractivity contribution in [3.05, 3.63) is 69.2 Å². The largest absolute Gasteiger partial charge is 0.322 e. The molecule has 124 valence electrons. The number of hydrogen-bond donors (Lipinski definition) is 1. The maximum Gasteiger partial charge on any atom is 0.267 e. The van der Waals surface area contributed by atoms with Crippen LogP contribution in [0.25, 0.3) is 16.6 Å². The van der Waals surface area contributed by atoms with Crippen molar-refractivity contribution in [1.29, 1.82) is 0 Å². The van der Waals surface area contributed by atoms with Gasteiger partial charge >= 0.3 is 0 Å². The number of fused-ring (bicyclic) bond motifs is 1. The minimum Gasteiger partial charge on any atom is -0.322 e. The maximum absolute atomic E-state index is 13.1. The van der Waals surface area contributed by atoms with Crippen LogP contribution in [0.1, 0.15) is 44.1 Å². The Labute approximate surface area is 145 Å². The first-order valence-corrected chi connectivity index (χ1v) is 8.35. The van der Waals surface area contributed by atoms with E-state index in [9.17, 15) is 4.79 Å². The molecule has 1 aromatic heterocycles. The average Bonchev–Trinajstić information content (AvgIpc) is 2.54. The highest BCUT2D eigenvalue weighted by molar-refractivity contribution is 6.35. The molecule has 1 heterocycles. The van der Waals surface area contributed by atoms with E-state index < -0.39 is 0 Å². The maximum atomic E-state index is 13.1. The minimum atomic E-state index is -0.385. The van der Waals surface area contributed by atoms with Crippen molar-refractivity contribution in [2.75, 3.05) is 0 Å². The van der Waals surface area contributed by atoms with Crippen LogP contribution in [-0.4, -0.2) is 9.55 Å². The van der Waals surface area contributed by atoms with Crippen molar-refractivity contribution in [2.24, 2.45) is 5.73 Å². The highest BCUT2D eigenvalue weighted by atomic mass is 35.5. The van der Waals surface area contributed by atoms with Gasteiger partial charge in [-0.1, -0.05) is 43.6 Å². The molecule has 2 N–H and O–H groups in total. The molecule has 0 aliphatic rings. The molecule has 0 fully saturated rings. The van der Waals surface area contributed by atoms with Gasteiger partial charge in [-0.15, -0.1) is 0 Å². The smallest absolute Gasteiger partial charge is 0.267 e. The number of halogens is 1. The Kier molecular flexibility index (Phi) is 4.43. The van der Waals surface area contributed by atoms with Gasteiger partial charge in [0.2, 0.25) is 0 Å². The van der Waals surface area contributed by atoms with E-state index in [1.54, 1.807) is 22.8 Å². The predicted octanol–water partition coefficient (Wildman–Crippen LogP) is 4.18. The van der Waals surface area contributed by atoms with E-state index in [-0.39, 0.29) is 11.6 Å². The molecular formula is C19H20ClN3O. The summed E-state index contributed by atoms with van der Waals surface area (Å²) in [6.07, 6.45) is 0. The zero-order chi connectivity index (χ0) is 17.4. The summed E-state index contributed by atoms with van der Waals surface area (Å²) in [7, 11) is 0. The van der Waals surface area contributed by atoms with E-state index in [0.717, 1.165) is 11.3 Å². The van der Waals surface area contributed by atoms with E-state index >= 15 is 0 Å². The second kappa shape index (κ2) is 6.38. The Morgan fingerprint density at radius 2 is 1.83 bits per heavy atom. The van der Waals surface area contributed by atoms with Gasteiger partial charge in [0, 0.05) is 0 Å². The second-order valence-electron chi connectivity index (χ2n) is 6.28. The van der Waals surface area contributed by atoms with E-state index in [2.05, 4.69) is 18.8 Å². The van der Waals surface area contributed by atoms with Crippen LogP contribution < -0.4 is 11.3 Å². The molecule has 24 heavy (non-hydrogen) atoms. The lowest BCUT2D eigenvalue weighted by Crippen LogP contribution is -2.27. The Morgan fingerprint density at radius 3 is 2.50 bits per heavy atom. The Bertz CT molecular complexity index is 960. The fraction of sp³-hybridized carbons (Fsp3) is 0.263. The van der Waals surface area contributed by atoms with Crippen LogP contribution in [0.2, 0.25) is 5.02 Å². The van der Waals surface area contributed by atoms with Gasteiger partial charge in [0.15, 0.2) is 0 Å². The van der Waals surface area contributed by atoms with Gasteiger partial charge in [-0.3, -0.25) is 9.36 Å². The van der Waals surface area contributed by atoms with E-state index in [1.165, 1.54) is 0 Å². The molecule has 0 aliphatic carbocycles. The summed E-state index contributed by atoms with van der Waals surface area (Å²) in [5.41, 5.74) is 8.37. The molecule has 2 aromatic carbocycles. The van der Waals surface area contributed by atoms with Crippen LogP contribution in [0.4, 0.5) is 0 Å². The number of nitrogens with zero attached hydrogens (tertiary/aromatic N) is 2. The monoisotopic (exact) mass is 341 g/mol. The highest BCUT2D eigenvalue weighted by Crippen LogP contribution is 2.23. The zero-order valence-corrected chi connectivity index (χ0v) is 14.7. The van der Waals surface area contributed by atoms with Gasteiger partial charge in [0.25, 0.3) is 5.56 Å². The van der Waals surface area contributed by atoms with Crippen LogP contribution in [0.15, 0.2) is 47.3 Å². The number of hydrogen-bond acceptors (Lipinski definition) is 3. The Morgan fingerprint density at radius 1 is 1.12 bits per heavy atom. The van der Waals surface area contributed by atoms with Crippen molar-refractivity contribution >= 4 is 22.5 Å². The van der Waals surface area contributed by atoms with Crippen LogP contribution in [0.3, 0.4) is 0 Å². The molecule has 0 aliphatic heterocycles. The first kappa shape index (κ1) is 16.7. The lowest BCUT2D eigenvalue weighted by Gasteiger charge is -2.17. The molecule has 4 nitrogen and oxygen atoms in total. The SMILES string of the molecule is CC(C)c1cccc(-n2c(C(C)N)nc3cccc(Cl)c3c2=O)c1. The number of rotatable bonds is 3. The van der Waals surface area contributed by atoms with E-state index in [1.807, 2.05) is 31.2 Å². The summed E-state index contributed by atoms with van der Waals surface area (Å²) in [4.78, 5) is 17.7. The third-order valence-electron chi connectivity index (χ3n) is 4.08. The summed E-state index contributed by atoms with van der Waals surface area (Å²) in [6.45, 7) is 6.05. The Balaban J connectivity index is 2.40. The van der Waals surface area contributed by atoms with Crippen molar-refractivity contribution in [3.8, 4) is 5.69 Å². The molecule has 1 unspecified atom stereocenters. The number of nitrogens with two attached hydrogens (primary N) is 1. The molecular weight excluding hydrogens is 322 g/mol. The minimum absolute atomic E-state index is 0.196. The molecule has 0 spiro atoms. The highest BCUT2D eigenvalue weighted by Gasteiger charge is 2.17. The second-order valence-corrected chi connectivity index (χ2v) is 6.69. The molecule has 1 atom stereocenters.